The van der Waals surface area contributed by atoms with Crippen LogP contribution >= 0.6 is 0 Å². The lowest BCUT2D eigenvalue weighted by Gasteiger charge is -2.33. The summed E-state index contributed by atoms with van der Waals surface area (Å²) in [5.41, 5.74) is 3.88. The predicted octanol–water partition coefficient (Wildman–Crippen LogP) is 3.02. The molecule has 2 aliphatic heterocycles. The van der Waals surface area contributed by atoms with Gasteiger partial charge in [-0.15, -0.1) is 0 Å². The van der Waals surface area contributed by atoms with Crippen LogP contribution in [-0.4, -0.2) is 65.6 Å². The van der Waals surface area contributed by atoms with Crippen LogP contribution in [0.5, 0.6) is 5.75 Å². The molecule has 7 nitrogen and oxygen atoms in total. The van der Waals surface area contributed by atoms with Gasteiger partial charge in [-0.2, -0.15) is 0 Å². The van der Waals surface area contributed by atoms with E-state index in [1.807, 2.05) is 30.3 Å². The van der Waals surface area contributed by atoms with Gasteiger partial charge in [0, 0.05) is 37.9 Å². The lowest BCUT2D eigenvalue weighted by atomic mass is 10.1. The zero-order chi connectivity index (χ0) is 21.5. The van der Waals surface area contributed by atoms with Crippen LogP contribution in [0.15, 0.2) is 48.5 Å². The fourth-order valence-electron chi connectivity index (χ4n) is 3.80. The zero-order valence-electron chi connectivity index (χ0n) is 17.9. The second-order valence-electron chi connectivity index (χ2n) is 7.50. The Morgan fingerprint density at radius 3 is 2.39 bits per heavy atom. The molecule has 0 aliphatic carbocycles. The van der Waals surface area contributed by atoms with Gasteiger partial charge in [0.2, 0.25) is 5.91 Å². The summed E-state index contributed by atoms with van der Waals surface area (Å²) in [6.45, 7) is 6.19. The van der Waals surface area contributed by atoms with E-state index in [4.69, 9.17) is 14.2 Å². The highest BCUT2D eigenvalue weighted by Crippen LogP contribution is 2.32. The van der Waals surface area contributed by atoms with Gasteiger partial charge in [0.1, 0.15) is 5.75 Å². The molecule has 0 bridgehead atoms. The lowest BCUT2D eigenvalue weighted by Crippen LogP contribution is -2.38. The highest BCUT2D eigenvalue weighted by Gasteiger charge is 2.19. The summed E-state index contributed by atoms with van der Waals surface area (Å²) in [6.07, 6.45) is 3.34. The highest BCUT2D eigenvalue weighted by molar-refractivity contribution is 6.04. The number of carbonyl (C=O) groups excluding carboxylic acids is 1. The molecule has 0 radical (unpaired) electrons. The van der Waals surface area contributed by atoms with Gasteiger partial charge in [-0.05, 0) is 42.0 Å². The lowest BCUT2D eigenvalue weighted by molar-refractivity contribution is -0.111. The maximum absolute atomic E-state index is 12.7. The average molecular weight is 424 g/mol. The van der Waals surface area contributed by atoms with Gasteiger partial charge < -0.3 is 29.3 Å². The second kappa shape index (κ2) is 10.3. The third-order valence-corrected chi connectivity index (χ3v) is 5.49. The van der Waals surface area contributed by atoms with Crippen LogP contribution in [0.4, 0.5) is 17.1 Å². The number of ether oxygens (including phenoxy) is 3. The Morgan fingerprint density at radius 2 is 1.68 bits per heavy atom. The summed E-state index contributed by atoms with van der Waals surface area (Å²) < 4.78 is 16.2. The average Bonchev–Trinajstić information content (AvgIpc) is 2.84. The van der Waals surface area contributed by atoms with Gasteiger partial charge >= 0.3 is 0 Å². The van der Waals surface area contributed by atoms with E-state index in [9.17, 15) is 4.79 Å². The molecule has 2 aromatic carbocycles. The van der Waals surface area contributed by atoms with Gasteiger partial charge in [-0.1, -0.05) is 12.1 Å². The van der Waals surface area contributed by atoms with Gasteiger partial charge in [0.25, 0.3) is 0 Å². The maximum Gasteiger partial charge on any atom is 0.248 e. The first kappa shape index (κ1) is 21.2. The van der Waals surface area contributed by atoms with E-state index in [1.165, 1.54) is 0 Å². The monoisotopic (exact) mass is 423 g/mol. The Kier molecular flexibility index (Phi) is 7.07. The van der Waals surface area contributed by atoms with Crippen molar-refractivity contribution in [1.82, 2.24) is 0 Å². The third kappa shape index (κ3) is 5.57. The van der Waals surface area contributed by atoms with Crippen molar-refractivity contribution in [1.29, 1.82) is 0 Å². The molecular weight excluding hydrogens is 394 g/mol. The molecule has 2 fully saturated rings. The summed E-state index contributed by atoms with van der Waals surface area (Å²) in [7, 11) is 1.63. The number of hydrogen-bond acceptors (Lipinski definition) is 6. The van der Waals surface area contributed by atoms with Crippen molar-refractivity contribution in [3.63, 3.8) is 0 Å². The molecule has 0 saturated carbocycles. The normalized spacial score (nSPS) is 17.1. The standard InChI is InChI=1S/C24H29N3O4/c1-29-21-4-2-3-19(17-21)5-8-24(28)25-22-7-6-20(26-9-13-30-14-10-26)18-23(22)27-11-15-31-16-12-27/h2-8,17-18H,9-16H2,1H3,(H,25,28). The zero-order valence-corrected chi connectivity index (χ0v) is 17.9. The summed E-state index contributed by atoms with van der Waals surface area (Å²) in [5, 5.41) is 3.05. The van der Waals surface area contributed by atoms with E-state index < -0.39 is 0 Å². The van der Waals surface area contributed by atoms with E-state index in [0.717, 1.165) is 67.8 Å². The van der Waals surface area contributed by atoms with Crippen molar-refractivity contribution in [2.75, 3.05) is 74.8 Å². The first-order chi connectivity index (χ1) is 15.2. The number of morpholine rings is 2. The molecule has 1 amide bonds. The van der Waals surface area contributed by atoms with Crippen molar-refractivity contribution in [2.24, 2.45) is 0 Å². The molecule has 164 valence electrons. The number of nitrogens with one attached hydrogen (secondary N) is 1. The van der Waals surface area contributed by atoms with Crippen molar-refractivity contribution in [3.8, 4) is 5.75 Å². The van der Waals surface area contributed by atoms with Gasteiger partial charge in [-0.25, -0.2) is 0 Å². The quantitative estimate of drug-likeness (QED) is 0.721. The van der Waals surface area contributed by atoms with E-state index in [-0.39, 0.29) is 5.91 Å². The number of methoxy groups -OCH3 is 1. The van der Waals surface area contributed by atoms with Crippen LogP contribution in [-0.2, 0) is 14.3 Å². The number of benzene rings is 2. The van der Waals surface area contributed by atoms with E-state index in [0.29, 0.717) is 13.2 Å². The van der Waals surface area contributed by atoms with Crippen molar-refractivity contribution in [3.05, 3.63) is 54.1 Å². The minimum absolute atomic E-state index is 0.170. The molecule has 1 N–H and O–H groups in total. The fourth-order valence-corrected chi connectivity index (χ4v) is 3.80. The third-order valence-electron chi connectivity index (χ3n) is 5.49. The molecule has 2 aliphatic rings. The topological polar surface area (TPSA) is 63.3 Å². The van der Waals surface area contributed by atoms with E-state index in [1.54, 1.807) is 19.3 Å². The summed E-state index contributed by atoms with van der Waals surface area (Å²) in [5.74, 6) is 0.590. The molecule has 7 heteroatoms. The van der Waals surface area contributed by atoms with Crippen LogP contribution in [0.25, 0.3) is 6.08 Å². The first-order valence-electron chi connectivity index (χ1n) is 10.7. The van der Waals surface area contributed by atoms with Crippen molar-refractivity contribution < 1.29 is 19.0 Å². The molecule has 4 rings (SSSR count). The Morgan fingerprint density at radius 1 is 0.968 bits per heavy atom. The molecule has 2 aromatic rings. The van der Waals surface area contributed by atoms with Crippen molar-refractivity contribution >= 4 is 29.0 Å². The van der Waals surface area contributed by atoms with Gasteiger partial charge in [-0.3, -0.25) is 4.79 Å². The van der Waals surface area contributed by atoms with Crippen LogP contribution in [0.1, 0.15) is 5.56 Å². The van der Waals surface area contributed by atoms with Gasteiger partial charge in [0.05, 0.1) is 44.9 Å². The smallest absolute Gasteiger partial charge is 0.248 e. The van der Waals surface area contributed by atoms with Crippen LogP contribution in [0.2, 0.25) is 0 Å². The number of anilines is 3. The molecule has 0 unspecified atom stereocenters. The summed E-state index contributed by atoms with van der Waals surface area (Å²) in [6, 6.07) is 13.8. The van der Waals surface area contributed by atoms with Gasteiger partial charge in [0.15, 0.2) is 0 Å². The number of amides is 1. The first-order valence-corrected chi connectivity index (χ1v) is 10.7. The predicted molar refractivity (Wildman–Crippen MR) is 123 cm³/mol. The fraction of sp³-hybridized carbons (Fsp3) is 0.375. The number of hydrogen-bond donors (Lipinski definition) is 1. The number of carbonyl (C=O) groups is 1. The molecule has 0 aromatic heterocycles. The molecule has 2 saturated heterocycles. The summed E-state index contributed by atoms with van der Waals surface area (Å²) in [4.78, 5) is 17.3. The van der Waals surface area contributed by atoms with Crippen LogP contribution in [0, 0.1) is 0 Å². The van der Waals surface area contributed by atoms with Crippen LogP contribution < -0.4 is 19.9 Å². The Bertz CT molecular complexity index is 919. The Hall–Kier alpha value is -3.03. The maximum atomic E-state index is 12.7. The Balaban J connectivity index is 1.52. The SMILES string of the molecule is COc1cccc(C=CC(=O)Nc2ccc(N3CCOCC3)cc2N2CCOCC2)c1. The summed E-state index contributed by atoms with van der Waals surface area (Å²) >= 11 is 0. The molecule has 0 atom stereocenters. The second-order valence-corrected chi connectivity index (χ2v) is 7.50. The Labute approximate surface area is 183 Å². The van der Waals surface area contributed by atoms with Crippen molar-refractivity contribution in [2.45, 2.75) is 0 Å². The minimum Gasteiger partial charge on any atom is -0.497 e. The number of rotatable bonds is 6. The number of nitrogens with zero attached hydrogens (tertiary/aromatic N) is 2. The molecule has 2 heterocycles. The molecular formula is C24H29N3O4. The molecule has 0 spiro atoms. The highest BCUT2D eigenvalue weighted by atomic mass is 16.5. The van der Waals surface area contributed by atoms with E-state index >= 15 is 0 Å². The largest absolute Gasteiger partial charge is 0.497 e. The molecule has 31 heavy (non-hydrogen) atoms. The minimum atomic E-state index is -0.170. The van der Waals surface area contributed by atoms with E-state index in [2.05, 4.69) is 27.2 Å². The van der Waals surface area contributed by atoms with Crippen LogP contribution in [0.3, 0.4) is 0 Å².